The maximum Gasteiger partial charge on any atom is 0.0831 e. The molecule has 4 atom stereocenters. The van der Waals surface area contributed by atoms with Crippen molar-refractivity contribution in [2.24, 2.45) is 0 Å². The first-order chi connectivity index (χ1) is 9.02. The van der Waals surface area contributed by atoms with Gasteiger partial charge in [-0.1, -0.05) is 24.3 Å². The first-order valence-corrected chi connectivity index (χ1v) is 7.34. The smallest absolute Gasteiger partial charge is 0.0831 e. The van der Waals surface area contributed by atoms with Crippen LogP contribution in [0.2, 0.25) is 0 Å². The predicted octanol–water partition coefficient (Wildman–Crippen LogP) is 2.87. The number of alkyl halides is 2. The third-order valence-electron chi connectivity index (χ3n) is 2.62. The van der Waals surface area contributed by atoms with Crippen LogP contribution < -0.4 is 0 Å². The second kappa shape index (κ2) is 11.7. The van der Waals surface area contributed by atoms with Gasteiger partial charge in [0.15, 0.2) is 0 Å². The minimum absolute atomic E-state index is 0.208. The van der Waals surface area contributed by atoms with Gasteiger partial charge in [-0.05, 0) is 26.7 Å². The van der Waals surface area contributed by atoms with Crippen LogP contribution in [0.3, 0.4) is 0 Å². The van der Waals surface area contributed by atoms with Gasteiger partial charge in [-0.2, -0.15) is 0 Å². The lowest BCUT2D eigenvalue weighted by molar-refractivity contribution is 0.0643. The van der Waals surface area contributed by atoms with Crippen LogP contribution in [0.5, 0.6) is 0 Å². The standard InChI is InChI=1S/C14H24Cl2O3/c1-3-5-7-13(17)11(15)9-19-10-12(16)14(18)8-6-4-2/h3-6,11-14,17-18H,7-10H2,1-2H3. The molecule has 5 heteroatoms. The van der Waals surface area contributed by atoms with Crippen molar-refractivity contribution in [3.8, 4) is 0 Å². The molecular weight excluding hydrogens is 287 g/mol. The van der Waals surface area contributed by atoms with E-state index in [9.17, 15) is 10.2 Å². The summed E-state index contributed by atoms with van der Waals surface area (Å²) in [5, 5.41) is 18.4. The Morgan fingerprint density at radius 2 is 1.26 bits per heavy atom. The van der Waals surface area contributed by atoms with Gasteiger partial charge >= 0.3 is 0 Å². The first-order valence-electron chi connectivity index (χ1n) is 6.47. The van der Waals surface area contributed by atoms with Gasteiger partial charge < -0.3 is 14.9 Å². The summed E-state index contributed by atoms with van der Waals surface area (Å²) in [6.07, 6.45) is 7.15. The monoisotopic (exact) mass is 310 g/mol. The highest BCUT2D eigenvalue weighted by Gasteiger charge is 2.18. The fourth-order valence-electron chi connectivity index (χ4n) is 1.36. The zero-order valence-corrected chi connectivity index (χ0v) is 13.0. The summed E-state index contributed by atoms with van der Waals surface area (Å²) in [6.45, 7) is 4.19. The molecule has 0 radical (unpaired) electrons. The van der Waals surface area contributed by atoms with E-state index in [-0.39, 0.29) is 13.2 Å². The quantitative estimate of drug-likeness (QED) is 0.482. The summed E-state index contributed by atoms with van der Waals surface area (Å²) in [7, 11) is 0. The Hall–Kier alpha value is -0.0600. The van der Waals surface area contributed by atoms with E-state index in [0.29, 0.717) is 12.8 Å². The summed E-state index contributed by atoms with van der Waals surface area (Å²) < 4.78 is 5.33. The molecule has 0 saturated carbocycles. The third kappa shape index (κ3) is 9.47. The number of hydrogen-bond donors (Lipinski definition) is 2. The summed E-state index contributed by atoms with van der Waals surface area (Å²) in [6, 6.07) is 0. The van der Waals surface area contributed by atoms with Crippen LogP contribution in [0.25, 0.3) is 0 Å². The van der Waals surface area contributed by atoms with Crippen LogP contribution in [-0.4, -0.2) is 46.4 Å². The Morgan fingerprint density at radius 1 is 0.895 bits per heavy atom. The van der Waals surface area contributed by atoms with Crippen molar-refractivity contribution in [3.05, 3.63) is 24.3 Å². The molecule has 4 unspecified atom stereocenters. The topological polar surface area (TPSA) is 49.7 Å². The van der Waals surface area contributed by atoms with Crippen molar-refractivity contribution in [2.45, 2.75) is 49.7 Å². The molecule has 0 aliphatic carbocycles. The van der Waals surface area contributed by atoms with E-state index in [1.165, 1.54) is 0 Å². The lowest BCUT2D eigenvalue weighted by Crippen LogP contribution is -2.29. The van der Waals surface area contributed by atoms with Crippen LogP contribution in [0.15, 0.2) is 24.3 Å². The van der Waals surface area contributed by atoms with Crippen LogP contribution in [0, 0.1) is 0 Å². The van der Waals surface area contributed by atoms with E-state index in [1.54, 1.807) is 0 Å². The number of allylic oxidation sites excluding steroid dienone is 2. The molecule has 0 aliphatic rings. The molecule has 19 heavy (non-hydrogen) atoms. The van der Waals surface area contributed by atoms with Crippen molar-refractivity contribution < 1.29 is 14.9 Å². The average molecular weight is 311 g/mol. The fourth-order valence-corrected chi connectivity index (χ4v) is 1.75. The highest BCUT2D eigenvalue weighted by atomic mass is 35.5. The van der Waals surface area contributed by atoms with E-state index >= 15 is 0 Å². The number of aliphatic hydroxyl groups is 2. The molecule has 2 N–H and O–H groups in total. The zero-order valence-electron chi connectivity index (χ0n) is 11.5. The third-order valence-corrected chi connectivity index (χ3v) is 3.45. The highest BCUT2D eigenvalue weighted by molar-refractivity contribution is 6.21. The molecule has 0 aromatic carbocycles. The van der Waals surface area contributed by atoms with Crippen molar-refractivity contribution in [1.82, 2.24) is 0 Å². The van der Waals surface area contributed by atoms with Gasteiger partial charge in [-0.3, -0.25) is 0 Å². The van der Waals surface area contributed by atoms with Gasteiger partial charge in [0, 0.05) is 0 Å². The van der Waals surface area contributed by atoms with Crippen LogP contribution >= 0.6 is 23.2 Å². The molecule has 3 nitrogen and oxygen atoms in total. The maximum atomic E-state index is 9.68. The SMILES string of the molecule is CC=CCC(O)C(Cl)COCC(Cl)C(O)CC=CC. The predicted molar refractivity (Wildman–Crippen MR) is 81.0 cm³/mol. The molecule has 0 aromatic heterocycles. The molecule has 0 aromatic rings. The van der Waals surface area contributed by atoms with E-state index < -0.39 is 23.0 Å². The lowest BCUT2D eigenvalue weighted by atomic mass is 10.1. The van der Waals surface area contributed by atoms with Crippen molar-refractivity contribution in [3.63, 3.8) is 0 Å². The Bertz CT molecular complexity index is 243. The molecular formula is C14H24Cl2O3. The number of rotatable bonds is 10. The van der Waals surface area contributed by atoms with Gasteiger partial charge in [-0.25, -0.2) is 0 Å². The van der Waals surface area contributed by atoms with Gasteiger partial charge in [0.25, 0.3) is 0 Å². The van der Waals surface area contributed by atoms with E-state index in [1.807, 2.05) is 38.2 Å². The second-order valence-corrected chi connectivity index (χ2v) is 5.43. The Balaban J connectivity index is 3.82. The fraction of sp³-hybridized carbons (Fsp3) is 0.714. The van der Waals surface area contributed by atoms with Crippen LogP contribution in [0.1, 0.15) is 26.7 Å². The summed E-state index contributed by atoms with van der Waals surface area (Å²) in [5.74, 6) is 0. The van der Waals surface area contributed by atoms with Gasteiger partial charge in [-0.15, -0.1) is 23.2 Å². The number of halogens is 2. The van der Waals surface area contributed by atoms with Crippen LogP contribution in [0.4, 0.5) is 0 Å². The lowest BCUT2D eigenvalue weighted by Gasteiger charge is -2.19. The minimum Gasteiger partial charge on any atom is -0.391 e. The molecule has 0 fully saturated rings. The Morgan fingerprint density at radius 3 is 1.58 bits per heavy atom. The molecule has 0 rings (SSSR count). The van der Waals surface area contributed by atoms with Crippen LogP contribution in [-0.2, 0) is 4.74 Å². The normalized spacial score (nSPS) is 18.8. The van der Waals surface area contributed by atoms with Crippen molar-refractivity contribution >= 4 is 23.2 Å². The molecule has 0 aliphatic heterocycles. The highest BCUT2D eigenvalue weighted by Crippen LogP contribution is 2.11. The summed E-state index contributed by atoms with van der Waals surface area (Å²) in [4.78, 5) is 0. The minimum atomic E-state index is -0.639. The molecule has 112 valence electrons. The van der Waals surface area contributed by atoms with E-state index in [2.05, 4.69) is 0 Å². The zero-order chi connectivity index (χ0) is 14.7. The molecule has 0 bridgehead atoms. The molecule has 0 heterocycles. The van der Waals surface area contributed by atoms with Crippen molar-refractivity contribution in [1.29, 1.82) is 0 Å². The summed E-state index contributed by atoms with van der Waals surface area (Å²) in [5.41, 5.74) is 0. The van der Waals surface area contributed by atoms with E-state index in [4.69, 9.17) is 27.9 Å². The Kier molecular flexibility index (Phi) is 11.7. The molecule has 0 amide bonds. The van der Waals surface area contributed by atoms with E-state index in [0.717, 1.165) is 0 Å². The largest absolute Gasteiger partial charge is 0.391 e. The van der Waals surface area contributed by atoms with Gasteiger partial charge in [0.2, 0.25) is 0 Å². The average Bonchev–Trinajstić information content (AvgIpc) is 2.41. The second-order valence-electron chi connectivity index (χ2n) is 4.31. The van der Waals surface area contributed by atoms with Gasteiger partial charge in [0.1, 0.15) is 0 Å². The maximum absolute atomic E-state index is 9.68. The Labute approximate surface area is 125 Å². The number of aliphatic hydroxyl groups excluding tert-OH is 2. The number of ether oxygens (including phenoxy) is 1. The van der Waals surface area contributed by atoms with Crippen molar-refractivity contribution in [2.75, 3.05) is 13.2 Å². The molecule has 0 saturated heterocycles. The van der Waals surface area contributed by atoms with Gasteiger partial charge in [0.05, 0.1) is 36.2 Å². The first kappa shape index (κ1) is 18.9. The summed E-state index contributed by atoms with van der Waals surface area (Å²) >= 11 is 12.0. The molecule has 0 spiro atoms. The number of hydrogen-bond acceptors (Lipinski definition) is 3.